The highest BCUT2D eigenvalue weighted by Crippen LogP contribution is 2.29. The van der Waals surface area contributed by atoms with E-state index < -0.39 is 17.6 Å². The van der Waals surface area contributed by atoms with Gasteiger partial charge in [0.1, 0.15) is 5.01 Å². The number of carbonyl (C=O) groups excluding carboxylic acids is 1. The van der Waals surface area contributed by atoms with Gasteiger partial charge < -0.3 is 5.32 Å². The molecule has 0 saturated heterocycles. The Kier molecular flexibility index (Phi) is 4.85. The van der Waals surface area contributed by atoms with Gasteiger partial charge in [-0.25, -0.2) is 4.98 Å². The minimum absolute atomic E-state index is 0.174. The van der Waals surface area contributed by atoms with Gasteiger partial charge in [-0.2, -0.15) is 13.2 Å². The maximum Gasteiger partial charge on any atom is 0.416 e. The molecule has 0 unspecified atom stereocenters. The van der Waals surface area contributed by atoms with Gasteiger partial charge in [0.25, 0.3) is 5.91 Å². The Morgan fingerprint density at radius 2 is 1.72 bits per heavy atom. The Labute approximate surface area is 146 Å². The standard InChI is InChI=1S/C18H13F3N2OS/c19-18(20,21)14-8-6-13(7-9-14)17(24)22-10-16-23-15(11-25-16)12-4-2-1-3-5-12/h1-9,11H,10H2,(H,22,24). The van der Waals surface area contributed by atoms with Crippen molar-refractivity contribution in [3.05, 3.63) is 76.1 Å². The molecule has 3 rings (SSSR count). The topological polar surface area (TPSA) is 42.0 Å². The molecule has 0 aliphatic carbocycles. The maximum absolute atomic E-state index is 12.5. The van der Waals surface area contributed by atoms with Crippen molar-refractivity contribution in [2.45, 2.75) is 12.7 Å². The van der Waals surface area contributed by atoms with Crippen molar-refractivity contribution in [2.75, 3.05) is 0 Å². The molecule has 0 bridgehead atoms. The smallest absolute Gasteiger partial charge is 0.346 e. The summed E-state index contributed by atoms with van der Waals surface area (Å²) in [4.78, 5) is 16.5. The summed E-state index contributed by atoms with van der Waals surface area (Å²) in [6.07, 6.45) is -4.41. The van der Waals surface area contributed by atoms with Crippen LogP contribution >= 0.6 is 11.3 Å². The van der Waals surface area contributed by atoms with Crippen LogP contribution < -0.4 is 5.32 Å². The third-order valence-corrected chi connectivity index (χ3v) is 4.34. The highest BCUT2D eigenvalue weighted by Gasteiger charge is 2.30. The van der Waals surface area contributed by atoms with Gasteiger partial charge in [0.15, 0.2) is 0 Å². The number of nitrogens with one attached hydrogen (secondary N) is 1. The summed E-state index contributed by atoms with van der Waals surface area (Å²) < 4.78 is 37.6. The first-order chi connectivity index (χ1) is 11.9. The van der Waals surface area contributed by atoms with Crippen LogP contribution in [0.3, 0.4) is 0 Å². The molecule has 128 valence electrons. The number of aromatic nitrogens is 1. The predicted octanol–water partition coefficient (Wildman–Crippen LogP) is 4.76. The number of alkyl halides is 3. The number of carbonyl (C=O) groups is 1. The minimum atomic E-state index is -4.41. The Balaban J connectivity index is 1.62. The molecule has 0 aliphatic rings. The van der Waals surface area contributed by atoms with Crippen molar-refractivity contribution in [3.63, 3.8) is 0 Å². The molecule has 0 radical (unpaired) electrons. The van der Waals surface area contributed by atoms with Crippen molar-refractivity contribution in [1.29, 1.82) is 0 Å². The lowest BCUT2D eigenvalue weighted by Gasteiger charge is -2.07. The zero-order valence-electron chi connectivity index (χ0n) is 12.9. The van der Waals surface area contributed by atoms with Crippen LogP contribution in [-0.2, 0) is 12.7 Å². The monoisotopic (exact) mass is 362 g/mol. The second-order valence-electron chi connectivity index (χ2n) is 5.25. The summed E-state index contributed by atoms with van der Waals surface area (Å²) in [5, 5.41) is 5.29. The number of rotatable bonds is 4. The summed E-state index contributed by atoms with van der Waals surface area (Å²) in [6.45, 7) is 0.220. The highest BCUT2D eigenvalue weighted by molar-refractivity contribution is 7.09. The third kappa shape index (κ3) is 4.24. The van der Waals surface area contributed by atoms with Gasteiger partial charge in [-0.15, -0.1) is 11.3 Å². The van der Waals surface area contributed by atoms with E-state index in [0.717, 1.165) is 40.5 Å². The number of hydrogen-bond donors (Lipinski definition) is 1. The number of nitrogens with zero attached hydrogens (tertiary/aromatic N) is 1. The molecule has 25 heavy (non-hydrogen) atoms. The minimum Gasteiger partial charge on any atom is -0.346 e. The van der Waals surface area contributed by atoms with E-state index in [2.05, 4.69) is 10.3 Å². The van der Waals surface area contributed by atoms with Crippen molar-refractivity contribution < 1.29 is 18.0 Å². The number of hydrogen-bond acceptors (Lipinski definition) is 3. The fraction of sp³-hybridized carbons (Fsp3) is 0.111. The van der Waals surface area contributed by atoms with Crippen LogP contribution in [0.1, 0.15) is 20.9 Å². The Bertz CT molecular complexity index is 858. The van der Waals surface area contributed by atoms with Crippen LogP contribution in [0, 0.1) is 0 Å². The quantitative estimate of drug-likeness (QED) is 0.727. The summed E-state index contributed by atoms with van der Waals surface area (Å²) in [5.74, 6) is -0.440. The van der Waals surface area contributed by atoms with E-state index in [4.69, 9.17) is 0 Å². The molecule has 0 spiro atoms. The van der Waals surface area contributed by atoms with Gasteiger partial charge in [-0.3, -0.25) is 4.79 Å². The van der Waals surface area contributed by atoms with Gasteiger partial charge in [0, 0.05) is 16.5 Å². The molecule has 0 aliphatic heterocycles. The Morgan fingerprint density at radius 1 is 1.04 bits per heavy atom. The van der Waals surface area contributed by atoms with E-state index in [1.165, 1.54) is 11.3 Å². The molecule has 0 fully saturated rings. The molecular formula is C18H13F3N2OS. The van der Waals surface area contributed by atoms with Gasteiger partial charge in [0.05, 0.1) is 17.8 Å². The van der Waals surface area contributed by atoms with E-state index in [9.17, 15) is 18.0 Å². The van der Waals surface area contributed by atoms with E-state index in [-0.39, 0.29) is 12.1 Å². The lowest BCUT2D eigenvalue weighted by Crippen LogP contribution is -2.22. The first-order valence-corrected chi connectivity index (χ1v) is 8.27. The Morgan fingerprint density at radius 3 is 2.36 bits per heavy atom. The Hall–Kier alpha value is -2.67. The second kappa shape index (κ2) is 7.06. The lowest BCUT2D eigenvalue weighted by molar-refractivity contribution is -0.137. The largest absolute Gasteiger partial charge is 0.416 e. The van der Waals surface area contributed by atoms with Crippen LogP contribution in [0.15, 0.2) is 60.0 Å². The third-order valence-electron chi connectivity index (χ3n) is 3.50. The van der Waals surface area contributed by atoms with Crippen LogP contribution in [-0.4, -0.2) is 10.9 Å². The number of amides is 1. The number of benzene rings is 2. The zero-order chi connectivity index (χ0) is 17.9. The number of halogens is 3. The van der Waals surface area contributed by atoms with E-state index in [1.807, 2.05) is 35.7 Å². The second-order valence-corrected chi connectivity index (χ2v) is 6.19. The molecular weight excluding hydrogens is 349 g/mol. The summed E-state index contributed by atoms with van der Waals surface area (Å²) in [7, 11) is 0. The zero-order valence-corrected chi connectivity index (χ0v) is 13.7. The lowest BCUT2D eigenvalue weighted by atomic mass is 10.1. The summed E-state index contributed by atoms with van der Waals surface area (Å²) in [6, 6.07) is 13.8. The molecule has 1 N–H and O–H groups in total. The first kappa shape index (κ1) is 17.2. The van der Waals surface area contributed by atoms with Crippen molar-refractivity contribution >= 4 is 17.2 Å². The van der Waals surface area contributed by atoms with Gasteiger partial charge in [-0.1, -0.05) is 30.3 Å². The van der Waals surface area contributed by atoms with Gasteiger partial charge in [0.2, 0.25) is 0 Å². The first-order valence-electron chi connectivity index (χ1n) is 7.39. The van der Waals surface area contributed by atoms with E-state index >= 15 is 0 Å². The molecule has 3 aromatic rings. The fourth-order valence-electron chi connectivity index (χ4n) is 2.20. The van der Waals surface area contributed by atoms with Crippen LogP contribution in [0.5, 0.6) is 0 Å². The van der Waals surface area contributed by atoms with Gasteiger partial charge in [-0.05, 0) is 24.3 Å². The maximum atomic E-state index is 12.5. The van der Waals surface area contributed by atoms with E-state index in [0.29, 0.717) is 0 Å². The highest BCUT2D eigenvalue weighted by atomic mass is 32.1. The average molecular weight is 362 g/mol. The average Bonchev–Trinajstić information content (AvgIpc) is 3.09. The summed E-state index contributed by atoms with van der Waals surface area (Å²) >= 11 is 1.41. The van der Waals surface area contributed by atoms with Crippen molar-refractivity contribution in [1.82, 2.24) is 10.3 Å². The van der Waals surface area contributed by atoms with Crippen molar-refractivity contribution in [2.24, 2.45) is 0 Å². The molecule has 2 aromatic carbocycles. The molecule has 3 nitrogen and oxygen atoms in total. The van der Waals surface area contributed by atoms with E-state index in [1.54, 1.807) is 0 Å². The van der Waals surface area contributed by atoms with Crippen LogP contribution in [0.25, 0.3) is 11.3 Å². The fourth-order valence-corrected chi connectivity index (χ4v) is 2.95. The van der Waals surface area contributed by atoms with Crippen LogP contribution in [0.2, 0.25) is 0 Å². The van der Waals surface area contributed by atoms with Crippen molar-refractivity contribution in [3.8, 4) is 11.3 Å². The SMILES string of the molecule is O=C(NCc1nc(-c2ccccc2)cs1)c1ccc(C(F)(F)F)cc1. The molecule has 7 heteroatoms. The molecule has 1 amide bonds. The normalized spacial score (nSPS) is 11.3. The van der Waals surface area contributed by atoms with Gasteiger partial charge >= 0.3 is 6.18 Å². The molecule has 1 aromatic heterocycles. The summed E-state index contributed by atoms with van der Waals surface area (Å²) in [5.41, 5.74) is 1.20. The molecule has 1 heterocycles. The van der Waals surface area contributed by atoms with Crippen LogP contribution in [0.4, 0.5) is 13.2 Å². The predicted molar refractivity (Wildman–Crippen MR) is 90.2 cm³/mol. The molecule has 0 atom stereocenters. The number of thiazole rings is 1. The molecule has 0 saturated carbocycles.